The van der Waals surface area contributed by atoms with E-state index in [1.807, 2.05) is 19.1 Å². The molecule has 1 aromatic heterocycles. The minimum atomic E-state index is -0.176. The van der Waals surface area contributed by atoms with Crippen molar-refractivity contribution in [1.82, 2.24) is 5.32 Å². The zero-order chi connectivity index (χ0) is 12.0. The molecule has 0 aliphatic rings. The first-order chi connectivity index (χ1) is 7.65. The molecule has 0 bridgehead atoms. The molecule has 0 saturated heterocycles. The maximum absolute atomic E-state index is 11.4. The molecule has 0 fully saturated rings. The van der Waals surface area contributed by atoms with Crippen LogP contribution in [0.15, 0.2) is 22.0 Å². The van der Waals surface area contributed by atoms with Gasteiger partial charge in [-0.3, -0.25) is 4.79 Å². The monoisotopic (exact) mass is 303 g/mol. The molecule has 88 valence electrons. The first-order valence-electron chi connectivity index (χ1n) is 5.00. The number of thiophene rings is 1. The molecule has 1 aromatic rings. The highest BCUT2D eigenvalue weighted by atomic mass is 79.9. The molecule has 0 unspecified atom stereocenters. The molecular weight excluding hydrogens is 290 g/mol. The molecule has 0 saturated carbocycles. The van der Waals surface area contributed by atoms with Crippen LogP contribution in [0.4, 0.5) is 0 Å². The Morgan fingerprint density at radius 1 is 1.69 bits per heavy atom. The van der Waals surface area contributed by atoms with Gasteiger partial charge >= 0.3 is 0 Å². The molecule has 2 N–H and O–H groups in total. The van der Waals surface area contributed by atoms with Crippen LogP contribution in [0, 0.1) is 0 Å². The van der Waals surface area contributed by atoms with E-state index in [1.165, 1.54) is 6.08 Å². The van der Waals surface area contributed by atoms with Crippen molar-refractivity contribution in [1.29, 1.82) is 0 Å². The summed E-state index contributed by atoms with van der Waals surface area (Å²) < 4.78 is 1.04. The van der Waals surface area contributed by atoms with Gasteiger partial charge in [0.05, 0.1) is 16.4 Å². The van der Waals surface area contributed by atoms with E-state index < -0.39 is 0 Å². The molecule has 0 aromatic carbocycles. The summed E-state index contributed by atoms with van der Waals surface area (Å²) >= 11 is 4.91. The molecule has 0 spiro atoms. The van der Waals surface area contributed by atoms with Crippen LogP contribution in [0.3, 0.4) is 0 Å². The maximum Gasteiger partial charge on any atom is 0.244 e. The molecule has 1 heterocycles. The van der Waals surface area contributed by atoms with Crippen molar-refractivity contribution in [2.24, 2.45) is 0 Å². The second kappa shape index (κ2) is 6.83. The van der Waals surface area contributed by atoms with E-state index in [0.29, 0.717) is 0 Å². The highest BCUT2D eigenvalue weighted by Gasteiger charge is 2.05. The molecule has 5 heteroatoms. The second-order valence-corrected chi connectivity index (χ2v) is 5.77. The lowest BCUT2D eigenvalue weighted by molar-refractivity contribution is -0.117. The van der Waals surface area contributed by atoms with Gasteiger partial charge in [0.25, 0.3) is 0 Å². The lowest BCUT2D eigenvalue weighted by Crippen LogP contribution is -2.35. The Hall–Kier alpha value is -0.650. The summed E-state index contributed by atoms with van der Waals surface area (Å²) in [4.78, 5) is 12.4. The number of amides is 1. The molecule has 16 heavy (non-hydrogen) atoms. The van der Waals surface area contributed by atoms with Gasteiger partial charge in [-0.2, -0.15) is 0 Å². The predicted octanol–water partition coefficient (Wildman–Crippen LogP) is 2.41. The number of rotatable bonds is 5. The predicted molar refractivity (Wildman–Crippen MR) is 70.4 cm³/mol. The van der Waals surface area contributed by atoms with E-state index >= 15 is 0 Å². The number of nitrogens with one attached hydrogen (secondary N) is 1. The average Bonchev–Trinajstić information content (AvgIpc) is 2.69. The largest absolute Gasteiger partial charge is 0.394 e. The summed E-state index contributed by atoms with van der Waals surface area (Å²) in [5, 5.41) is 11.6. The molecule has 3 nitrogen and oxygen atoms in total. The number of carbonyl (C=O) groups is 1. The Morgan fingerprint density at radius 2 is 2.44 bits per heavy atom. The van der Waals surface area contributed by atoms with Gasteiger partial charge in [-0.25, -0.2) is 0 Å². The topological polar surface area (TPSA) is 49.3 Å². The van der Waals surface area contributed by atoms with Crippen LogP contribution in [0.25, 0.3) is 6.08 Å². The van der Waals surface area contributed by atoms with Crippen molar-refractivity contribution in [3.8, 4) is 0 Å². The fourth-order valence-corrected chi connectivity index (χ4v) is 2.43. The Labute approximate surface area is 107 Å². The third kappa shape index (κ3) is 4.47. The summed E-state index contributed by atoms with van der Waals surface area (Å²) in [6.07, 6.45) is 3.96. The van der Waals surface area contributed by atoms with E-state index in [4.69, 9.17) is 5.11 Å². The molecule has 1 amide bonds. The lowest BCUT2D eigenvalue weighted by atomic mass is 10.2. The van der Waals surface area contributed by atoms with E-state index in [1.54, 1.807) is 17.4 Å². The lowest BCUT2D eigenvalue weighted by Gasteiger charge is -2.11. The zero-order valence-corrected chi connectivity index (χ0v) is 11.3. The van der Waals surface area contributed by atoms with Crippen molar-refractivity contribution in [2.75, 3.05) is 6.61 Å². The van der Waals surface area contributed by atoms with Crippen LogP contribution in [-0.2, 0) is 4.79 Å². The first kappa shape index (κ1) is 13.4. The second-order valence-electron chi connectivity index (χ2n) is 3.27. The van der Waals surface area contributed by atoms with Gasteiger partial charge < -0.3 is 10.4 Å². The molecule has 1 rings (SSSR count). The minimum absolute atomic E-state index is 0.0272. The average molecular weight is 304 g/mol. The van der Waals surface area contributed by atoms with Crippen molar-refractivity contribution in [2.45, 2.75) is 19.4 Å². The minimum Gasteiger partial charge on any atom is -0.394 e. The van der Waals surface area contributed by atoms with Crippen LogP contribution in [0.1, 0.15) is 18.2 Å². The van der Waals surface area contributed by atoms with Crippen LogP contribution in [-0.4, -0.2) is 23.7 Å². The quantitative estimate of drug-likeness (QED) is 0.821. The molecule has 1 atom stereocenters. The number of carbonyl (C=O) groups excluding carboxylic acids is 1. The summed E-state index contributed by atoms with van der Waals surface area (Å²) in [5.41, 5.74) is 0. The summed E-state index contributed by atoms with van der Waals surface area (Å²) in [6, 6.07) is 3.71. The Bertz CT molecular complexity index is 372. The Kier molecular flexibility index (Phi) is 5.73. The van der Waals surface area contributed by atoms with Crippen LogP contribution in [0.5, 0.6) is 0 Å². The molecular formula is C11H14BrNO2S. The first-order valence-corrected chi connectivity index (χ1v) is 6.61. The Balaban J connectivity index is 2.48. The highest BCUT2D eigenvalue weighted by molar-refractivity contribution is 9.11. The van der Waals surface area contributed by atoms with Gasteiger partial charge in [0.15, 0.2) is 0 Å². The summed E-state index contributed by atoms with van der Waals surface area (Å²) in [7, 11) is 0. The molecule has 0 aliphatic heterocycles. The van der Waals surface area contributed by atoms with Crippen LogP contribution >= 0.6 is 27.3 Å². The highest BCUT2D eigenvalue weighted by Crippen LogP contribution is 2.22. The smallest absolute Gasteiger partial charge is 0.244 e. The van der Waals surface area contributed by atoms with Gasteiger partial charge in [-0.1, -0.05) is 6.92 Å². The maximum atomic E-state index is 11.4. The van der Waals surface area contributed by atoms with Crippen LogP contribution in [0.2, 0.25) is 0 Å². The van der Waals surface area contributed by atoms with Gasteiger partial charge in [-0.05, 0) is 40.6 Å². The Morgan fingerprint density at radius 3 is 2.94 bits per heavy atom. The standard InChI is InChI=1S/C11H14BrNO2S/c1-2-8(7-14)13-11(15)6-4-9-3-5-10(12)16-9/h3-6,8,14H,2,7H2,1H3,(H,13,15)/b6-4+/t8-/m0/s1. The van der Waals surface area contributed by atoms with Crippen molar-refractivity contribution in [3.05, 3.63) is 26.9 Å². The van der Waals surface area contributed by atoms with E-state index in [-0.39, 0.29) is 18.6 Å². The van der Waals surface area contributed by atoms with Gasteiger partial charge in [-0.15, -0.1) is 11.3 Å². The fraction of sp³-hybridized carbons (Fsp3) is 0.364. The van der Waals surface area contributed by atoms with E-state index in [0.717, 1.165) is 15.1 Å². The third-order valence-corrected chi connectivity index (χ3v) is 3.64. The zero-order valence-electron chi connectivity index (χ0n) is 8.94. The van der Waals surface area contributed by atoms with Crippen molar-refractivity contribution < 1.29 is 9.90 Å². The van der Waals surface area contributed by atoms with Gasteiger partial charge in [0, 0.05) is 11.0 Å². The fourth-order valence-electron chi connectivity index (χ4n) is 1.10. The van der Waals surface area contributed by atoms with Crippen LogP contribution < -0.4 is 5.32 Å². The van der Waals surface area contributed by atoms with Gasteiger partial charge in [0.2, 0.25) is 5.91 Å². The summed E-state index contributed by atoms with van der Waals surface area (Å²) in [5.74, 6) is -0.176. The van der Waals surface area contributed by atoms with E-state index in [9.17, 15) is 4.79 Å². The number of hydrogen-bond donors (Lipinski definition) is 2. The number of aliphatic hydroxyl groups excluding tert-OH is 1. The number of hydrogen-bond acceptors (Lipinski definition) is 3. The molecule has 0 radical (unpaired) electrons. The third-order valence-electron chi connectivity index (χ3n) is 2.05. The summed E-state index contributed by atoms with van der Waals surface area (Å²) in [6.45, 7) is 1.89. The van der Waals surface area contributed by atoms with Gasteiger partial charge in [0.1, 0.15) is 0 Å². The normalized spacial score (nSPS) is 12.9. The van der Waals surface area contributed by atoms with Crippen molar-refractivity contribution in [3.63, 3.8) is 0 Å². The molecule has 0 aliphatic carbocycles. The van der Waals surface area contributed by atoms with Crippen molar-refractivity contribution >= 4 is 39.2 Å². The number of aliphatic hydroxyl groups is 1. The van der Waals surface area contributed by atoms with E-state index in [2.05, 4.69) is 21.2 Å². The number of halogens is 1. The SMILES string of the molecule is CC[C@@H](CO)NC(=O)/C=C/c1ccc(Br)s1.